The Kier molecular flexibility index (Phi) is 3.68. The van der Waals surface area contributed by atoms with E-state index in [1.54, 1.807) is 19.9 Å². The summed E-state index contributed by atoms with van der Waals surface area (Å²) in [6.45, 7) is 3.52. The van der Waals surface area contributed by atoms with E-state index in [0.717, 1.165) is 24.8 Å². The van der Waals surface area contributed by atoms with Gasteiger partial charge in [0.2, 0.25) is 11.8 Å². The zero-order chi connectivity index (χ0) is 15.7. The average Bonchev–Trinajstić information content (AvgIpc) is 2.84. The summed E-state index contributed by atoms with van der Waals surface area (Å²) in [6.07, 6.45) is 2.40. The molecule has 0 aliphatic heterocycles. The Balaban J connectivity index is 1.80. The van der Waals surface area contributed by atoms with Gasteiger partial charge in [-0.25, -0.2) is 4.39 Å². The Morgan fingerprint density at radius 3 is 2.77 bits per heavy atom. The van der Waals surface area contributed by atoms with Crippen LogP contribution in [0.25, 0.3) is 0 Å². The van der Waals surface area contributed by atoms with E-state index in [4.69, 9.17) is 4.52 Å². The number of nitrogens with one attached hydrogen (secondary N) is 1. The van der Waals surface area contributed by atoms with Crippen LogP contribution in [0.2, 0.25) is 0 Å². The molecule has 0 unspecified atom stereocenters. The molecule has 1 aromatic heterocycles. The number of benzene rings is 1. The minimum atomic E-state index is -0.647. The molecule has 1 atom stereocenters. The van der Waals surface area contributed by atoms with Gasteiger partial charge in [-0.15, -0.1) is 0 Å². The van der Waals surface area contributed by atoms with E-state index >= 15 is 0 Å². The first-order valence-corrected chi connectivity index (χ1v) is 7.38. The predicted octanol–water partition coefficient (Wildman–Crippen LogP) is 2.82. The van der Waals surface area contributed by atoms with Gasteiger partial charge in [0.15, 0.2) is 5.82 Å². The number of aromatic nitrogens is 2. The lowest BCUT2D eigenvalue weighted by Crippen LogP contribution is -2.49. The van der Waals surface area contributed by atoms with Crippen LogP contribution in [0.15, 0.2) is 28.8 Å². The number of aryl methyl sites for hydroxylation is 1. The summed E-state index contributed by atoms with van der Waals surface area (Å²) in [5.74, 6) is 0.462. The third-order valence-electron chi connectivity index (χ3n) is 4.28. The molecule has 116 valence electrons. The first kappa shape index (κ1) is 14.7. The van der Waals surface area contributed by atoms with Gasteiger partial charge >= 0.3 is 0 Å². The van der Waals surface area contributed by atoms with Gasteiger partial charge in [0, 0.05) is 0 Å². The van der Waals surface area contributed by atoms with Crippen LogP contribution >= 0.6 is 0 Å². The first-order chi connectivity index (χ1) is 10.5. The molecule has 0 bridgehead atoms. The number of carbonyl (C=O) groups excluding carboxylic acids is 1. The molecule has 0 radical (unpaired) electrons. The smallest absolute Gasteiger partial charge is 0.248 e. The third kappa shape index (κ3) is 2.49. The zero-order valence-electron chi connectivity index (χ0n) is 12.6. The number of amides is 1. The lowest BCUT2D eigenvalue weighted by atomic mass is 9.63. The summed E-state index contributed by atoms with van der Waals surface area (Å²) < 4.78 is 18.6. The van der Waals surface area contributed by atoms with Crippen LogP contribution in [0.5, 0.6) is 0 Å². The Hall–Kier alpha value is -2.24. The van der Waals surface area contributed by atoms with Crippen molar-refractivity contribution in [2.75, 3.05) is 0 Å². The van der Waals surface area contributed by atoms with E-state index < -0.39 is 5.41 Å². The molecule has 3 rings (SSSR count). The van der Waals surface area contributed by atoms with Gasteiger partial charge in [-0.05, 0) is 44.4 Å². The summed E-state index contributed by atoms with van der Waals surface area (Å²) in [4.78, 5) is 16.9. The van der Waals surface area contributed by atoms with E-state index in [1.165, 1.54) is 12.1 Å². The van der Waals surface area contributed by atoms with Gasteiger partial charge in [0.1, 0.15) is 11.9 Å². The predicted molar refractivity (Wildman–Crippen MR) is 77.5 cm³/mol. The number of rotatable bonds is 4. The van der Waals surface area contributed by atoms with Gasteiger partial charge < -0.3 is 9.84 Å². The monoisotopic (exact) mass is 303 g/mol. The second-order valence-electron chi connectivity index (χ2n) is 5.82. The van der Waals surface area contributed by atoms with Crippen molar-refractivity contribution in [1.29, 1.82) is 0 Å². The molecule has 1 N–H and O–H groups in total. The zero-order valence-corrected chi connectivity index (χ0v) is 12.6. The number of halogens is 1. The fourth-order valence-corrected chi connectivity index (χ4v) is 2.85. The van der Waals surface area contributed by atoms with Crippen LogP contribution in [0.1, 0.15) is 49.5 Å². The second kappa shape index (κ2) is 5.51. The molecular weight excluding hydrogens is 285 g/mol. The standard InChI is InChI=1S/C16H18FN3O2/c1-10(14-19-11(2)20-22-14)18-15(21)16(7-4-8-16)12-5-3-6-13(17)9-12/h3,5-6,9-10H,4,7-8H2,1-2H3,(H,18,21)/t10-/m1/s1. The van der Waals surface area contributed by atoms with Crippen molar-refractivity contribution >= 4 is 5.91 Å². The van der Waals surface area contributed by atoms with E-state index in [2.05, 4.69) is 15.5 Å². The van der Waals surface area contributed by atoms with E-state index in [9.17, 15) is 9.18 Å². The molecule has 1 aliphatic carbocycles. The highest BCUT2D eigenvalue weighted by Gasteiger charge is 2.46. The number of nitrogens with zero attached hydrogens (tertiary/aromatic N) is 2. The summed E-state index contributed by atoms with van der Waals surface area (Å²) in [6, 6.07) is 5.91. The van der Waals surface area contributed by atoms with Gasteiger partial charge in [0.25, 0.3) is 0 Å². The maximum Gasteiger partial charge on any atom is 0.248 e. The van der Waals surface area contributed by atoms with Crippen molar-refractivity contribution in [2.24, 2.45) is 0 Å². The summed E-state index contributed by atoms with van der Waals surface area (Å²) in [5, 5.41) is 6.64. The van der Waals surface area contributed by atoms with Crippen LogP contribution < -0.4 is 5.32 Å². The average molecular weight is 303 g/mol. The Labute approximate surface area is 127 Å². The van der Waals surface area contributed by atoms with Crippen molar-refractivity contribution in [3.8, 4) is 0 Å². The van der Waals surface area contributed by atoms with Crippen LogP contribution in [0.3, 0.4) is 0 Å². The van der Waals surface area contributed by atoms with E-state index in [1.807, 2.05) is 6.07 Å². The SMILES string of the molecule is Cc1noc([C@@H](C)NC(=O)C2(c3cccc(F)c3)CCC2)n1. The molecule has 5 nitrogen and oxygen atoms in total. The quantitative estimate of drug-likeness (QED) is 0.943. The van der Waals surface area contributed by atoms with Crippen molar-refractivity contribution in [1.82, 2.24) is 15.5 Å². The normalized spacial score (nSPS) is 17.6. The maximum atomic E-state index is 13.5. The minimum absolute atomic E-state index is 0.118. The molecule has 1 amide bonds. The molecule has 0 spiro atoms. The summed E-state index contributed by atoms with van der Waals surface area (Å²) in [5.41, 5.74) is 0.0796. The molecule has 6 heteroatoms. The van der Waals surface area contributed by atoms with Crippen molar-refractivity contribution in [2.45, 2.75) is 44.6 Å². The Morgan fingerprint density at radius 1 is 1.45 bits per heavy atom. The van der Waals surface area contributed by atoms with Crippen molar-refractivity contribution in [3.63, 3.8) is 0 Å². The highest BCUT2D eigenvalue weighted by Crippen LogP contribution is 2.44. The maximum absolute atomic E-state index is 13.5. The molecule has 1 aliphatic rings. The van der Waals surface area contributed by atoms with E-state index in [-0.39, 0.29) is 17.8 Å². The van der Waals surface area contributed by atoms with Crippen molar-refractivity contribution < 1.29 is 13.7 Å². The molecule has 2 aromatic rings. The highest BCUT2D eigenvalue weighted by atomic mass is 19.1. The van der Waals surface area contributed by atoms with Gasteiger partial charge in [-0.2, -0.15) is 4.98 Å². The van der Waals surface area contributed by atoms with Gasteiger partial charge in [0.05, 0.1) is 5.41 Å². The number of hydrogen-bond acceptors (Lipinski definition) is 4. The molecular formula is C16H18FN3O2. The highest BCUT2D eigenvalue weighted by molar-refractivity contribution is 5.89. The molecule has 0 saturated heterocycles. The molecule has 1 aromatic carbocycles. The lowest BCUT2D eigenvalue weighted by molar-refractivity contribution is -0.130. The largest absolute Gasteiger partial charge is 0.344 e. The lowest BCUT2D eigenvalue weighted by Gasteiger charge is -2.41. The molecule has 1 saturated carbocycles. The molecule has 22 heavy (non-hydrogen) atoms. The summed E-state index contributed by atoms with van der Waals surface area (Å²) >= 11 is 0. The van der Waals surface area contributed by atoms with Crippen LogP contribution in [-0.4, -0.2) is 16.0 Å². The second-order valence-corrected chi connectivity index (χ2v) is 5.82. The van der Waals surface area contributed by atoms with Crippen LogP contribution in [-0.2, 0) is 10.2 Å². The molecule has 1 fully saturated rings. The van der Waals surface area contributed by atoms with Crippen LogP contribution in [0.4, 0.5) is 4.39 Å². The Morgan fingerprint density at radius 2 is 2.23 bits per heavy atom. The fraction of sp³-hybridized carbons (Fsp3) is 0.438. The number of hydrogen-bond donors (Lipinski definition) is 1. The minimum Gasteiger partial charge on any atom is -0.344 e. The van der Waals surface area contributed by atoms with Crippen molar-refractivity contribution in [3.05, 3.63) is 47.4 Å². The summed E-state index contributed by atoms with van der Waals surface area (Å²) in [7, 11) is 0. The topological polar surface area (TPSA) is 68.0 Å². The van der Waals surface area contributed by atoms with Gasteiger partial charge in [-0.1, -0.05) is 23.7 Å². The Bertz CT molecular complexity index is 694. The third-order valence-corrected chi connectivity index (χ3v) is 4.28. The number of carbonyl (C=O) groups is 1. The van der Waals surface area contributed by atoms with Crippen LogP contribution in [0, 0.1) is 12.7 Å². The fourth-order valence-electron chi connectivity index (χ4n) is 2.85. The van der Waals surface area contributed by atoms with Gasteiger partial charge in [-0.3, -0.25) is 4.79 Å². The molecule has 1 heterocycles. The van der Waals surface area contributed by atoms with E-state index in [0.29, 0.717) is 11.7 Å². The first-order valence-electron chi connectivity index (χ1n) is 7.38.